The molecule has 0 spiro atoms. The Hall–Kier alpha value is -1.55. The summed E-state index contributed by atoms with van der Waals surface area (Å²) in [7, 11) is 1.93. The first-order valence-electron chi connectivity index (χ1n) is 5.00. The summed E-state index contributed by atoms with van der Waals surface area (Å²) in [5.74, 6) is 6.08. The van der Waals surface area contributed by atoms with E-state index in [0.717, 1.165) is 5.69 Å². The maximum atomic E-state index is 5.41. The van der Waals surface area contributed by atoms with Gasteiger partial charge in [0.15, 0.2) is 0 Å². The molecule has 0 aliphatic rings. The predicted octanol–water partition coefficient (Wildman–Crippen LogP) is 1.27. The third-order valence-corrected chi connectivity index (χ3v) is 2.14. The molecule has 4 nitrogen and oxygen atoms in total. The fourth-order valence-electron chi connectivity index (χ4n) is 1.36. The molecule has 1 aromatic carbocycles. The van der Waals surface area contributed by atoms with Crippen LogP contribution in [0.1, 0.15) is 12.5 Å². The highest BCUT2D eigenvalue weighted by atomic mass is 15.4. The van der Waals surface area contributed by atoms with E-state index in [9.17, 15) is 0 Å². The number of rotatable bonds is 2. The number of hydrogen-bond donors (Lipinski definition) is 2. The summed E-state index contributed by atoms with van der Waals surface area (Å²) in [6, 6.07) is 8.18. The average molecular weight is 206 g/mol. The van der Waals surface area contributed by atoms with E-state index in [2.05, 4.69) is 29.5 Å². The zero-order valence-corrected chi connectivity index (χ0v) is 9.49. The fraction of sp³-hybridized carbons (Fsp3) is 0.364. The Morgan fingerprint density at radius 2 is 2.27 bits per heavy atom. The first-order valence-corrected chi connectivity index (χ1v) is 5.00. The molecule has 82 valence electrons. The van der Waals surface area contributed by atoms with Crippen LogP contribution in [0.15, 0.2) is 29.3 Å². The molecule has 0 heterocycles. The van der Waals surface area contributed by atoms with Gasteiger partial charge in [-0.2, -0.15) is 0 Å². The summed E-state index contributed by atoms with van der Waals surface area (Å²) in [4.78, 5) is 6.18. The third kappa shape index (κ3) is 2.95. The van der Waals surface area contributed by atoms with Crippen LogP contribution < -0.4 is 16.2 Å². The van der Waals surface area contributed by atoms with Gasteiger partial charge in [-0.3, -0.25) is 10.4 Å². The predicted molar refractivity (Wildman–Crippen MR) is 64.9 cm³/mol. The van der Waals surface area contributed by atoms with Crippen LogP contribution in [0.2, 0.25) is 0 Å². The Bertz CT molecular complexity index is 346. The van der Waals surface area contributed by atoms with Crippen molar-refractivity contribution in [3.63, 3.8) is 0 Å². The molecule has 0 saturated heterocycles. The molecule has 0 radical (unpaired) electrons. The Kier molecular flexibility index (Phi) is 4.12. The lowest BCUT2D eigenvalue weighted by molar-refractivity contribution is 0.948. The maximum absolute atomic E-state index is 5.41. The molecule has 15 heavy (non-hydrogen) atoms. The highest BCUT2D eigenvalue weighted by molar-refractivity contribution is 5.95. The molecule has 0 aliphatic heterocycles. The van der Waals surface area contributed by atoms with E-state index >= 15 is 0 Å². The van der Waals surface area contributed by atoms with Crippen LogP contribution in [-0.4, -0.2) is 19.6 Å². The maximum Gasteiger partial charge on any atom is 0.212 e. The molecule has 0 saturated carbocycles. The van der Waals surface area contributed by atoms with E-state index in [4.69, 9.17) is 5.84 Å². The summed E-state index contributed by atoms with van der Waals surface area (Å²) in [5, 5.41) is 0. The van der Waals surface area contributed by atoms with Crippen LogP contribution >= 0.6 is 0 Å². The van der Waals surface area contributed by atoms with Crippen LogP contribution in [0.4, 0.5) is 5.69 Å². The number of benzene rings is 1. The lowest BCUT2D eigenvalue weighted by atomic mass is 10.2. The molecule has 0 amide bonds. The van der Waals surface area contributed by atoms with Crippen molar-refractivity contribution >= 4 is 11.6 Å². The number of hydrazine groups is 1. The smallest absolute Gasteiger partial charge is 0.212 e. The largest absolute Gasteiger partial charge is 0.315 e. The van der Waals surface area contributed by atoms with Gasteiger partial charge < -0.3 is 4.90 Å². The van der Waals surface area contributed by atoms with E-state index in [1.165, 1.54) is 5.56 Å². The fourth-order valence-corrected chi connectivity index (χ4v) is 1.36. The molecule has 0 aromatic heterocycles. The Morgan fingerprint density at radius 3 is 2.80 bits per heavy atom. The second-order valence-electron chi connectivity index (χ2n) is 3.34. The standard InChI is InChI=1S/C11H18N4/c1-4-13-11(14-12)15(3)10-7-5-6-9(2)8-10/h5-8H,4,12H2,1-3H3,(H,13,14). The van der Waals surface area contributed by atoms with E-state index in [1.807, 2.05) is 31.0 Å². The molecular formula is C11H18N4. The number of anilines is 1. The van der Waals surface area contributed by atoms with Gasteiger partial charge in [-0.15, -0.1) is 0 Å². The SMILES string of the molecule is CCN=C(NN)N(C)c1cccc(C)c1. The Morgan fingerprint density at radius 1 is 1.53 bits per heavy atom. The number of nitrogens with two attached hydrogens (primary N) is 1. The van der Waals surface area contributed by atoms with Crippen LogP contribution in [0.25, 0.3) is 0 Å². The highest BCUT2D eigenvalue weighted by Crippen LogP contribution is 2.13. The van der Waals surface area contributed by atoms with Crippen LogP contribution in [0.3, 0.4) is 0 Å². The number of hydrogen-bond acceptors (Lipinski definition) is 2. The molecule has 4 heteroatoms. The summed E-state index contributed by atoms with van der Waals surface area (Å²) in [6.45, 7) is 4.74. The second-order valence-corrected chi connectivity index (χ2v) is 3.34. The first kappa shape index (κ1) is 11.5. The monoisotopic (exact) mass is 206 g/mol. The van der Waals surface area contributed by atoms with Crippen LogP contribution in [-0.2, 0) is 0 Å². The molecule has 3 N–H and O–H groups in total. The third-order valence-electron chi connectivity index (χ3n) is 2.14. The summed E-state index contributed by atoms with van der Waals surface area (Å²) >= 11 is 0. The van der Waals surface area contributed by atoms with Gasteiger partial charge in [-0.05, 0) is 31.5 Å². The zero-order chi connectivity index (χ0) is 11.3. The minimum atomic E-state index is 0.670. The van der Waals surface area contributed by atoms with Crippen molar-refractivity contribution in [1.82, 2.24) is 5.43 Å². The molecule has 0 fully saturated rings. The molecule has 1 aromatic rings. The summed E-state index contributed by atoms with van der Waals surface area (Å²) < 4.78 is 0. The first-order chi connectivity index (χ1) is 7.19. The van der Waals surface area contributed by atoms with Gasteiger partial charge in [-0.25, -0.2) is 5.84 Å². The van der Waals surface area contributed by atoms with E-state index in [-0.39, 0.29) is 0 Å². The van der Waals surface area contributed by atoms with Gasteiger partial charge in [-0.1, -0.05) is 12.1 Å². The van der Waals surface area contributed by atoms with E-state index in [1.54, 1.807) is 0 Å². The van der Waals surface area contributed by atoms with Crippen molar-refractivity contribution in [3.05, 3.63) is 29.8 Å². The van der Waals surface area contributed by atoms with Gasteiger partial charge >= 0.3 is 0 Å². The van der Waals surface area contributed by atoms with E-state index in [0.29, 0.717) is 12.5 Å². The van der Waals surface area contributed by atoms with Gasteiger partial charge in [0, 0.05) is 19.3 Å². The van der Waals surface area contributed by atoms with Gasteiger partial charge in [0.2, 0.25) is 5.96 Å². The van der Waals surface area contributed by atoms with Gasteiger partial charge in [0.05, 0.1) is 0 Å². The average Bonchev–Trinajstić information content (AvgIpc) is 2.25. The summed E-state index contributed by atoms with van der Waals surface area (Å²) in [6.07, 6.45) is 0. The molecule has 0 atom stereocenters. The highest BCUT2D eigenvalue weighted by Gasteiger charge is 2.06. The van der Waals surface area contributed by atoms with Gasteiger partial charge in [0.25, 0.3) is 0 Å². The van der Waals surface area contributed by atoms with Crippen LogP contribution in [0, 0.1) is 6.92 Å². The number of aryl methyl sites for hydroxylation is 1. The summed E-state index contributed by atoms with van der Waals surface area (Å²) in [5.41, 5.74) is 4.88. The Labute approximate surface area is 90.8 Å². The molecule has 0 aliphatic carbocycles. The van der Waals surface area contributed by atoms with Crippen molar-refractivity contribution in [3.8, 4) is 0 Å². The topological polar surface area (TPSA) is 53.6 Å². The second kappa shape index (κ2) is 5.36. The molecule has 1 rings (SSSR count). The lowest BCUT2D eigenvalue weighted by Gasteiger charge is -2.20. The normalized spacial score (nSPS) is 11.3. The number of nitrogens with zero attached hydrogens (tertiary/aromatic N) is 2. The molecule has 0 bridgehead atoms. The van der Waals surface area contributed by atoms with Crippen molar-refractivity contribution in [2.45, 2.75) is 13.8 Å². The number of guanidine groups is 1. The molecule has 0 unspecified atom stereocenters. The van der Waals surface area contributed by atoms with Crippen molar-refractivity contribution < 1.29 is 0 Å². The van der Waals surface area contributed by atoms with Crippen molar-refractivity contribution in [2.24, 2.45) is 10.8 Å². The minimum Gasteiger partial charge on any atom is -0.315 e. The molecular weight excluding hydrogens is 188 g/mol. The Balaban J connectivity index is 2.92. The number of aliphatic imine (C=N–C) groups is 1. The number of nitrogens with one attached hydrogen (secondary N) is 1. The van der Waals surface area contributed by atoms with Crippen LogP contribution in [0.5, 0.6) is 0 Å². The van der Waals surface area contributed by atoms with E-state index < -0.39 is 0 Å². The lowest BCUT2D eigenvalue weighted by Crippen LogP contribution is -2.43. The van der Waals surface area contributed by atoms with Crippen molar-refractivity contribution in [1.29, 1.82) is 0 Å². The zero-order valence-electron chi connectivity index (χ0n) is 9.49. The van der Waals surface area contributed by atoms with Gasteiger partial charge in [0.1, 0.15) is 0 Å². The van der Waals surface area contributed by atoms with Crippen molar-refractivity contribution in [2.75, 3.05) is 18.5 Å². The quantitative estimate of drug-likeness (QED) is 0.331. The minimum absolute atomic E-state index is 0.670.